The van der Waals surface area contributed by atoms with Crippen molar-refractivity contribution in [3.05, 3.63) is 95.4 Å². The average Bonchev–Trinajstić information content (AvgIpc) is 3.79. The van der Waals surface area contributed by atoms with Gasteiger partial charge < -0.3 is 9.15 Å². The maximum Gasteiger partial charge on any atom is 0.309 e. The first-order chi connectivity index (χ1) is 21.7. The molecule has 1 amide bonds. The van der Waals surface area contributed by atoms with E-state index in [2.05, 4.69) is 0 Å². The maximum atomic E-state index is 13.7. The van der Waals surface area contributed by atoms with Crippen molar-refractivity contribution in [2.45, 2.75) is 31.2 Å². The van der Waals surface area contributed by atoms with Crippen LogP contribution in [-0.2, 0) is 30.9 Å². The third kappa shape index (κ3) is 6.52. The van der Waals surface area contributed by atoms with Crippen molar-refractivity contribution < 1.29 is 27.2 Å². The molecule has 0 unspecified atom stereocenters. The molecule has 13 heteroatoms. The molecule has 0 saturated carbocycles. The second-order valence-corrected chi connectivity index (χ2v) is 14.1. The van der Waals surface area contributed by atoms with Gasteiger partial charge in [0.25, 0.3) is 5.91 Å². The SMILES string of the molecule is CCOC(=O)C1CCN(S(=O)(=O)c2cccc(-c3nn(-c4ccccc4)cc3/C=C3\SC(=S)N(Cc4ccco4)C3=O)c2)CC1. The van der Waals surface area contributed by atoms with E-state index < -0.39 is 10.0 Å². The minimum atomic E-state index is -3.84. The second-order valence-electron chi connectivity index (χ2n) is 10.5. The maximum absolute atomic E-state index is 13.7. The molecule has 0 aliphatic carbocycles. The van der Waals surface area contributed by atoms with Crippen molar-refractivity contribution in [1.82, 2.24) is 19.0 Å². The summed E-state index contributed by atoms with van der Waals surface area (Å²) >= 11 is 6.71. The van der Waals surface area contributed by atoms with Gasteiger partial charge >= 0.3 is 5.97 Å². The van der Waals surface area contributed by atoms with E-state index in [0.29, 0.717) is 51.3 Å². The highest BCUT2D eigenvalue weighted by Crippen LogP contribution is 2.36. The second kappa shape index (κ2) is 13.1. The van der Waals surface area contributed by atoms with Gasteiger partial charge in [-0.15, -0.1) is 0 Å². The molecule has 45 heavy (non-hydrogen) atoms. The number of nitrogens with zero attached hydrogens (tertiary/aromatic N) is 4. The summed E-state index contributed by atoms with van der Waals surface area (Å²) < 4.78 is 41.5. The van der Waals surface area contributed by atoms with Gasteiger partial charge in [-0.3, -0.25) is 14.5 Å². The lowest BCUT2D eigenvalue weighted by Crippen LogP contribution is -2.40. The van der Waals surface area contributed by atoms with E-state index in [1.54, 1.807) is 60.3 Å². The van der Waals surface area contributed by atoms with Crippen LogP contribution >= 0.6 is 24.0 Å². The number of esters is 1. The zero-order valence-electron chi connectivity index (χ0n) is 24.4. The van der Waals surface area contributed by atoms with Crippen LogP contribution in [0.1, 0.15) is 31.1 Å². The van der Waals surface area contributed by atoms with Gasteiger partial charge in [-0.25, -0.2) is 13.1 Å². The lowest BCUT2D eigenvalue weighted by atomic mass is 9.98. The van der Waals surface area contributed by atoms with Gasteiger partial charge in [0.05, 0.1) is 40.8 Å². The Morgan fingerprint density at radius 3 is 2.60 bits per heavy atom. The fraction of sp³-hybridized carbons (Fsp3) is 0.250. The topological polar surface area (TPSA) is 115 Å². The number of benzene rings is 2. The smallest absolute Gasteiger partial charge is 0.309 e. The summed E-state index contributed by atoms with van der Waals surface area (Å²) in [6, 6.07) is 19.7. The molecule has 0 radical (unpaired) electrons. The van der Waals surface area contributed by atoms with Gasteiger partial charge in [-0.2, -0.15) is 9.40 Å². The van der Waals surface area contributed by atoms with E-state index in [-0.39, 0.29) is 42.3 Å². The van der Waals surface area contributed by atoms with Crippen molar-refractivity contribution in [1.29, 1.82) is 0 Å². The Hall–Kier alpha value is -4.04. The van der Waals surface area contributed by atoms with Gasteiger partial charge in [0.15, 0.2) is 0 Å². The standard InChI is InChI=1S/C32H30N4O6S3/c1-2-41-31(38)22-13-15-34(16-14-22)45(39,40)27-12-6-8-23(18-27)29-24(20-36(33-29)25-9-4-3-5-10-25)19-28-30(37)35(32(43)44-28)21-26-11-7-17-42-26/h3-12,17-20,22H,2,13-16,21H2,1H3/b28-19-. The van der Waals surface area contributed by atoms with E-state index in [4.69, 9.17) is 26.5 Å². The largest absolute Gasteiger partial charge is 0.467 e. The number of aromatic nitrogens is 2. The molecule has 2 saturated heterocycles. The average molecular weight is 663 g/mol. The minimum absolute atomic E-state index is 0.125. The molecule has 0 bridgehead atoms. The lowest BCUT2D eigenvalue weighted by molar-refractivity contribution is -0.149. The number of thiocarbonyl (C=S) groups is 1. The Kier molecular flexibility index (Phi) is 9.04. The fourth-order valence-corrected chi connectivity index (χ4v) is 8.07. The minimum Gasteiger partial charge on any atom is -0.467 e. The molecule has 2 aromatic carbocycles. The summed E-state index contributed by atoms with van der Waals surface area (Å²) in [7, 11) is -3.84. The molecule has 2 fully saturated rings. The molecule has 2 aliphatic rings. The van der Waals surface area contributed by atoms with E-state index in [1.165, 1.54) is 21.0 Å². The number of rotatable bonds is 9. The van der Waals surface area contributed by atoms with Crippen LogP contribution in [0.25, 0.3) is 23.0 Å². The molecule has 4 heterocycles. The number of amides is 1. The van der Waals surface area contributed by atoms with Crippen LogP contribution in [0.3, 0.4) is 0 Å². The third-order valence-electron chi connectivity index (χ3n) is 7.64. The van der Waals surface area contributed by atoms with Crippen molar-refractivity contribution in [3.8, 4) is 16.9 Å². The summed E-state index contributed by atoms with van der Waals surface area (Å²) in [6.45, 7) is 2.73. The Balaban J connectivity index is 1.32. The number of hydrogen-bond acceptors (Lipinski definition) is 9. The summed E-state index contributed by atoms with van der Waals surface area (Å²) in [6.07, 6.45) is 5.91. The Morgan fingerprint density at radius 1 is 1.11 bits per heavy atom. The zero-order valence-corrected chi connectivity index (χ0v) is 26.8. The highest BCUT2D eigenvalue weighted by atomic mass is 32.2. The lowest BCUT2D eigenvalue weighted by Gasteiger charge is -2.30. The van der Waals surface area contributed by atoms with Gasteiger partial charge in [-0.05, 0) is 62.2 Å². The molecule has 2 aromatic heterocycles. The van der Waals surface area contributed by atoms with Crippen LogP contribution in [0.15, 0.2) is 93.4 Å². The van der Waals surface area contributed by atoms with Gasteiger partial charge in [0.2, 0.25) is 10.0 Å². The number of carbonyl (C=O) groups is 2. The van der Waals surface area contributed by atoms with Gasteiger partial charge in [0, 0.05) is 30.4 Å². The van der Waals surface area contributed by atoms with Crippen molar-refractivity contribution >= 4 is 56.3 Å². The molecular weight excluding hydrogens is 633 g/mol. The van der Waals surface area contributed by atoms with Crippen LogP contribution in [0.4, 0.5) is 0 Å². The Labute approximate surface area is 270 Å². The summed E-state index contributed by atoms with van der Waals surface area (Å²) in [5.74, 6) is -0.217. The fourth-order valence-electron chi connectivity index (χ4n) is 5.31. The van der Waals surface area contributed by atoms with Crippen LogP contribution < -0.4 is 0 Å². The molecule has 6 rings (SSSR count). The number of para-hydroxylation sites is 1. The van der Waals surface area contributed by atoms with E-state index in [1.807, 2.05) is 36.5 Å². The highest BCUT2D eigenvalue weighted by molar-refractivity contribution is 8.26. The van der Waals surface area contributed by atoms with Crippen LogP contribution in [0, 0.1) is 5.92 Å². The number of sulfonamides is 1. The number of piperidine rings is 1. The molecule has 10 nitrogen and oxygen atoms in total. The first kappa shape index (κ1) is 31.0. The molecule has 2 aliphatic heterocycles. The van der Waals surface area contributed by atoms with Gasteiger partial charge in [-0.1, -0.05) is 54.3 Å². The molecule has 0 spiro atoms. The summed E-state index contributed by atoms with van der Waals surface area (Å²) in [4.78, 5) is 27.6. The van der Waals surface area contributed by atoms with Gasteiger partial charge in [0.1, 0.15) is 15.8 Å². The summed E-state index contributed by atoms with van der Waals surface area (Å²) in [5, 5.41) is 4.83. The highest BCUT2D eigenvalue weighted by Gasteiger charge is 2.34. The first-order valence-corrected chi connectivity index (χ1v) is 17.1. The monoisotopic (exact) mass is 662 g/mol. The third-order valence-corrected chi connectivity index (χ3v) is 10.9. The van der Waals surface area contributed by atoms with E-state index in [9.17, 15) is 18.0 Å². The molecule has 0 N–H and O–H groups in total. The number of carbonyl (C=O) groups excluding carboxylic acids is 2. The number of hydrogen-bond donors (Lipinski definition) is 0. The predicted molar refractivity (Wildman–Crippen MR) is 175 cm³/mol. The summed E-state index contributed by atoms with van der Waals surface area (Å²) in [5.41, 5.74) is 2.51. The molecule has 0 atom stereocenters. The number of furan rings is 1. The van der Waals surface area contributed by atoms with E-state index in [0.717, 1.165) is 5.69 Å². The normalized spacial score (nSPS) is 17.4. The van der Waals surface area contributed by atoms with Crippen LogP contribution in [0.5, 0.6) is 0 Å². The Bertz CT molecular complexity index is 1860. The quantitative estimate of drug-likeness (QED) is 0.130. The van der Waals surface area contributed by atoms with Crippen molar-refractivity contribution in [2.75, 3.05) is 19.7 Å². The number of thioether (sulfide) groups is 1. The van der Waals surface area contributed by atoms with Crippen LogP contribution in [0.2, 0.25) is 0 Å². The van der Waals surface area contributed by atoms with Crippen molar-refractivity contribution in [3.63, 3.8) is 0 Å². The zero-order chi connectivity index (χ0) is 31.6. The number of ether oxygens (including phenoxy) is 1. The predicted octanol–water partition coefficient (Wildman–Crippen LogP) is 5.50. The first-order valence-electron chi connectivity index (χ1n) is 14.4. The van der Waals surface area contributed by atoms with Crippen LogP contribution in [-0.4, -0.2) is 63.3 Å². The molecular formula is C32H30N4O6S3. The van der Waals surface area contributed by atoms with Crippen molar-refractivity contribution in [2.24, 2.45) is 5.92 Å². The molecule has 4 aromatic rings. The Morgan fingerprint density at radius 2 is 1.89 bits per heavy atom. The van der Waals surface area contributed by atoms with E-state index >= 15 is 0 Å². The molecule has 232 valence electrons.